The van der Waals surface area contributed by atoms with Crippen LogP contribution in [0.25, 0.3) is 6.08 Å². The van der Waals surface area contributed by atoms with Crippen molar-refractivity contribution in [2.24, 2.45) is 7.05 Å². The van der Waals surface area contributed by atoms with E-state index in [0.29, 0.717) is 29.5 Å². The predicted octanol–water partition coefficient (Wildman–Crippen LogP) is 3.73. The summed E-state index contributed by atoms with van der Waals surface area (Å²) < 4.78 is 12.8. The van der Waals surface area contributed by atoms with Crippen LogP contribution in [0, 0.1) is 0 Å². The highest BCUT2D eigenvalue weighted by molar-refractivity contribution is 6.05. The van der Waals surface area contributed by atoms with Crippen LogP contribution in [-0.2, 0) is 11.8 Å². The number of ketones is 1. The van der Waals surface area contributed by atoms with Crippen LogP contribution in [0.1, 0.15) is 23.0 Å². The van der Waals surface area contributed by atoms with Gasteiger partial charge in [-0.15, -0.1) is 0 Å². The third kappa shape index (κ3) is 5.57. The van der Waals surface area contributed by atoms with Gasteiger partial charge in [-0.05, 0) is 48.9 Å². The molecule has 1 amide bonds. The lowest BCUT2D eigenvalue weighted by Crippen LogP contribution is -2.20. The summed E-state index contributed by atoms with van der Waals surface area (Å²) in [6, 6.07) is 16.1. The largest absolute Gasteiger partial charge is 0.490 e. The summed E-state index contributed by atoms with van der Waals surface area (Å²) >= 11 is 0. The van der Waals surface area contributed by atoms with Gasteiger partial charge in [0.2, 0.25) is 5.78 Å². The molecule has 0 aliphatic heterocycles. The molecular formula is C23H23N3O4. The van der Waals surface area contributed by atoms with E-state index in [-0.39, 0.29) is 18.3 Å². The Morgan fingerprint density at radius 3 is 2.57 bits per heavy atom. The van der Waals surface area contributed by atoms with Crippen molar-refractivity contribution in [1.82, 2.24) is 9.78 Å². The van der Waals surface area contributed by atoms with Crippen LogP contribution < -0.4 is 14.8 Å². The van der Waals surface area contributed by atoms with Crippen LogP contribution in [0.5, 0.6) is 11.5 Å². The van der Waals surface area contributed by atoms with Gasteiger partial charge in [0.25, 0.3) is 5.91 Å². The highest BCUT2D eigenvalue weighted by Gasteiger charge is 2.10. The quantitative estimate of drug-likeness (QED) is 0.433. The number of hydrogen-bond donors (Lipinski definition) is 1. The molecule has 0 bridgehead atoms. The second kappa shape index (κ2) is 10.1. The zero-order valence-corrected chi connectivity index (χ0v) is 16.9. The fraction of sp³-hybridized carbons (Fsp3) is 0.174. The molecule has 0 saturated carbocycles. The Morgan fingerprint density at radius 2 is 1.87 bits per heavy atom. The van der Waals surface area contributed by atoms with Crippen molar-refractivity contribution in [3.05, 3.63) is 78.1 Å². The van der Waals surface area contributed by atoms with Crippen LogP contribution in [0.4, 0.5) is 5.69 Å². The molecule has 0 unspecified atom stereocenters. The van der Waals surface area contributed by atoms with Crippen molar-refractivity contribution >= 4 is 23.5 Å². The van der Waals surface area contributed by atoms with Crippen molar-refractivity contribution in [2.75, 3.05) is 18.5 Å². The number of allylic oxidation sites excluding steroid dienone is 1. The van der Waals surface area contributed by atoms with Crippen LogP contribution in [-0.4, -0.2) is 34.7 Å². The van der Waals surface area contributed by atoms with E-state index in [9.17, 15) is 9.59 Å². The van der Waals surface area contributed by atoms with Gasteiger partial charge in [0, 0.05) is 18.9 Å². The highest BCUT2D eigenvalue weighted by atomic mass is 16.5. The Labute approximate surface area is 174 Å². The number of hydrogen-bond acceptors (Lipinski definition) is 5. The number of rotatable bonds is 9. The maximum Gasteiger partial charge on any atom is 0.262 e. The molecule has 0 radical (unpaired) electrons. The van der Waals surface area contributed by atoms with Gasteiger partial charge in [-0.2, -0.15) is 5.10 Å². The number of nitrogens with zero attached hydrogens (tertiary/aromatic N) is 2. The first-order valence-corrected chi connectivity index (χ1v) is 9.51. The molecule has 7 heteroatoms. The zero-order valence-electron chi connectivity index (χ0n) is 16.9. The second-order valence-electron chi connectivity index (χ2n) is 6.38. The van der Waals surface area contributed by atoms with Gasteiger partial charge in [0.15, 0.2) is 18.1 Å². The smallest absolute Gasteiger partial charge is 0.262 e. The summed E-state index contributed by atoms with van der Waals surface area (Å²) in [5.41, 5.74) is 1.98. The van der Waals surface area contributed by atoms with Crippen molar-refractivity contribution in [3.63, 3.8) is 0 Å². The lowest BCUT2D eigenvalue weighted by Gasteiger charge is -2.12. The standard InChI is InChI=1S/C23H23N3O4/c1-3-29-22-15-17(9-11-20(27)19-13-14-24-26(19)2)10-12-21(22)30-16-23(28)25-18-7-5-4-6-8-18/h4-15H,3,16H2,1-2H3,(H,25,28)/b11-9+. The van der Waals surface area contributed by atoms with Crippen molar-refractivity contribution in [3.8, 4) is 11.5 Å². The van der Waals surface area contributed by atoms with Gasteiger partial charge < -0.3 is 14.8 Å². The van der Waals surface area contributed by atoms with Crippen LogP contribution >= 0.6 is 0 Å². The van der Waals surface area contributed by atoms with Gasteiger partial charge in [0.1, 0.15) is 5.69 Å². The maximum atomic E-state index is 12.3. The Kier molecular flexibility index (Phi) is 7.00. The zero-order chi connectivity index (χ0) is 21.3. The number of carbonyl (C=O) groups excluding carboxylic acids is 2. The topological polar surface area (TPSA) is 82.4 Å². The average molecular weight is 405 g/mol. The van der Waals surface area contributed by atoms with E-state index < -0.39 is 0 Å². The molecule has 0 saturated heterocycles. The molecule has 3 rings (SSSR count). The SMILES string of the molecule is CCOc1cc(/C=C/C(=O)c2ccnn2C)ccc1OCC(=O)Nc1ccccc1. The molecule has 30 heavy (non-hydrogen) atoms. The number of aryl methyl sites for hydroxylation is 1. The summed E-state index contributed by atoms with van der Waals surface area (Å²) in [4.78, 5) is 24.4. The minimum Gasteiger partial charge on any atom is -0.490 e. The first-order chi connectivity index (χ1) is 14.6. The summed E-state index contributed by atoms with van der Waals surface area (Å²) in [6.07, 6.45) is 4.76. The third-order valence-corrected chi connectivity index (χ3v) is 4.18. The molecule has 0 fully saturated rings. The number of anilines is 1. The van der Waals surface area contributed by atoms with E-state index in [4.69, 9.17) is 9.47 Å². The van der Waals surface area contributed by atoms with Gasteiger partial charge >= 0.3 is 0 Å². The summed E-state index contributed by atoms with van der Waals surface area (Å²) in [7, 11) is 1.72. The molecule has 0 spiro atoms. The summed E-state index contributed by atoms with van der Waals surface area (Å²) in [5, 5.41) is 6.76. The molecule has 2 aromatic carbocycles. The summed E-state index contributed by atoms with van der Waals surface area (Å²) in [5.74, 6) is 0.538. The number of nitrogens with one attached hydrogen (secondary N) is 1. The Hall–Kier alpha value is -3.87. The lowest BCUT2D eigenvalue weighted by atomic mass is 10.1. The maximum absolute atomic E-state index is 12.3. The van der Waals surface area contributed by atoms with E-state index in [0.717, 1.165) is 5.56 Å². The van der Waals surface area contributed by atoms with E-state index >= 15 is 0 Å². The average Bonchev–Trinajstić information content (AvgIpc) is 3.18. The molecule has 1 heterocycles. The number of para-hydroxylation sites is 1. The molecular weight excluding hydrogens is 382 g/mol. The minimum absolute atomic E-state index is 0.147. The molecule has 0 aliphatic carbocycles. The monoisotopic (exact) mass is 405 g/mol. The highest BCUT2D eigenvalue weighted by Crippen LogP contribution is 2.29. The van der Waals surface area contributed by atoms with E-state index in [1.165, 1.54) is 10.8 Å². The summed E-state index contributed by atoms with van der Waals surface area (Å²) in [6.45, 7) is 2.15. The normalized spacial score (nSPS) is 10.7. The second-order valence-corrected chi connectivity index (χ2v) is 6.38. The number of amides is 1. The van der Waals surface area contributed by atoms with Crippen LogP contribution in [0.3, 0.4) is 0 Å². The number of aromatic nitrogens is 2. The third-order valence-electron chi connectivity index (χ3n) is 4.18. The Morgan fingerprint density at radius 1 is 1.07 bits per heavy atom. The molecule has 0 aliphatic rings. The molecule has 0 atom stereocenters. The molecule has 1 N–H and O–H groups in total. The molecule has 154 valence electrons. The van der Waals surface area contributed by atoms with Crippen LogP contribution in [0.15, 0.2) is 66.9 Å². The first kappa shape index (κ1) is 20.9. The minimum atomic E-state index is -0.269. The van der Waals surface area contributed by atoms with Crippen LogP contribution in [0.2, 0.25) is 0 Å². The van der Waals surface area contributed by atoms with E-state index in [2.05, 4.69) is 10.4 Å². The Balaban J connectivity index is 1.65. The molecule has 3 aromatic rings. The van der Waals surface area contributed by atoms with Gasteiger partial charge in [-0.3, -0.25) is 14.3 Å². The van der Waals surface area contributed by atoms with Crippen molar-refractivity contribution < 1.29 is 19.1 Å². The van der Waals surface area contributed by atoms with Crippen molar-refractivity contribution in [1.29, 1.82) is 0 Å². The van der Waals surface area contributed by atoms with Crippen molar-refractivity contribution in [2.45, 2.75) is 6.92 Å². The van der Waals surface area contributed by atoms with Gasteiger partial charge in [0.05, 0.1) is 6.61 Å². The molecule has 7 nitrogen and oxygen atoms in total. The lowest BCUT2D eigenvalue weighted by molar-refractivity contribution is -0.118. The fourth-order valence-electron chi connectivity index (χ4n) is 2.75. The predicted molar refractivity (Wildman–Crippen MR) is 115 cm³/mol. The number of benzene rings is 2. The van der Waals surface area contributed by atoms with Gasteiger partial charge in [-0.25, -0.2) is 0 Å². The first-order valence-electron chi connectivity index (χ1n) is 9.51. The van der Waals surface area contributed by atoms with E-state index in [1.54, 1.807) is 55.7 Å². The Bertz CT molecular complexity index is 1040. The molecule has 1 aromatic heterocycles. The fourth-order valence-corrected chi connectivity index (χ4v) is 2.75. The van der Waals surface area contributed by atoms with Gasteiger partial charge in [-0.1, -0.05) is 30.3 Å². The number of ether oxygens (including phenoxy) is 2. The van der Waals surface area contributed by atoms with E-state index in [1.807, 2.05) is 25.1 Å². The number of carbonyl (C=O) groups is 2.